The summed E-state index contributed by atoms with van der Waals surface area (Å²) in [5, 5.41) is 0.676. The number of hydrogen-bond donors (Lipinski definition) is 0. The molecule has 1 heterocycles. The summed E-state index contributed by atoms with van der Waals surface area (Å²) >= 11 is 7.96. The third-order valence-electron chi connectivity index (χ3n) is 2.30. The highest BCUT2D eigenvalue weighted by Gasteiger charge is 2.22. The highest BCUT2D eigenvalue weighted by molar-refractivity contribution is 14.1. The molecule has 0 aromatic heterocycles. The summed E-state index contributed by atoms with van der Waals surface area (Å²) < 4.78 is 0.923. The van der Waals surface area contributed by atoms with Gasteiger partial charge >= 0.3 is 0 Å². The van der Waals surface area contributed by atoms with Crippen LogP contribution >= 0.6 is 34.2 Å². The Morgan fingerprint density at radius 1 is 1.43 bits per heavy atom. The molecular formula is C10H9ClINO. The molecule has 1 aromatic carbocycles. The lowest BCUT2D eigenvalue weighted by Crippen LogP contribution is -2.42. The summed E-state index contributed by atoms with van der Waals surface area (Å²) in [5.41, 5.74) is 0.759. The van der Waals surface area contributed by atoms with Crippen LogP contribution in [0.3, 0.4) is 0 Å². The van der Waals surface area contributed by atoms with E-state index < -0.39 is 0 Å². The molecule has 0 bridgehead atoms. The van der Waals surface area contributed by atoms with Crippen molar-refractivity contribution in [1.29, 1.82) is 0 Å². The fraction of sp³-hybridized carbons (Fsp3) is 0.300. The fourth-order valence-corrected chi connectivity index (χ4v) is 2.45. The number of nitrogens with zero attached hydrogens (tertiary/aromatic N) is 1. The maximum Gasteiger partial charge on any atom is 0.254 e. The highest BCUT2D eigenvalue weighted by atomic mass is 127. The monoisotopic (exact) mass is 321 g/mol. The molecule has 0 saturated carbocycles. The Balaban J connectivity index is 2.26. The summed E-state index contributed by atoms with van der Waals surface area (Å²) in [7, 11) is 0. The third kappa shape index (κ3) is 1.88. The van der Waals surface area contributed by atoms with E-state index >= 15 is 0 Å². The minimum atomic E-state index is 0.123. The quantitative estimate of drug-likeness (QED) is 0.728. The topological polar surface area (TPSA) is 20.3 Å². The van der Waals surface area contributed by atoms with Gasteiger partial charge in [0.15, 0.2) is 0 Å². The summed E-state index contributed by atoms with van der Waals surface area (Å²) in [6.07, 6.45) is 1.12. The van der Waals surface area contributed by atoms with E-state index in [1.807, 2.05) is 11.0 Å². The van der Waals surface area contributed by atoms with Crippen molar-refractivity contribution in [3.63, 3.8) is 0 Å². The van der Waals surface area contributed by atoms with E-state index in [0.717, 1.165) is 28.6 Å². The molecule has 1 fully saturated rings. The average Bonchev–Trinajstić information content (AvgIpc) is 2.00. The van der Waals surface area contributed by atoms with Crippen LogP contribution in [0.25, 0.3) is 0 Å². The SMILES string of the molecule is O=C(c1ccc(Cl)cc1I)N1CCC1. The van der Waals surface area contributed by atoms with Gasteiger partial charge in [-0.1, -0.05) is 11.6 Å². The first-order valence-corrected chi connectivity index (χ1v) is 5.88. The molecule has 74 valence electrons. The molecule has 1 aromatic rings. The second kappa shape index (κ2) is 4.06. The lowest BCUT2D eigenvalue weighted by molar-refractivity contribution is 0.0651. The van der Waals surface area contributed by atoms with Crippen molar-refractivity contribution in [2.45, 2.75) is 6.42 Å². The van der Waals surface area contributed by atoms with Gasteiger partial charge in [-0.2, -0.15) is 0 Å². The van der Waals surface area contributed by atoms with Gasteiger partial charge in [0.05, 0.1) is 5.56 Å². The van der Waals surface area contributed by atoms with E-state index in [2.05, 4.69) is 22.6 Å². The van der Waals surface area contributed by atoms with Crippen molar-refractivity contribution in [2.24, 2.45) is 0 Å². The molecule has 0 N–H and O–H groups in total. The zero-order valence-electron chi connectivity index (χ0n) is 7.46. The summed E-state index contributed by atoms with van der Waals surface area (Å²) in [6.45, 7) is 1.77. The van der Waals surface area contributed by atoms with Gasteiger partial charge in [0.1, 0.15) is 0 Å². The molecule has 1 aliphatic heterocycles. The Kier molecular flexibility index (Phi) is 2.97. The molecule has 1 aliphatic rings. The molecular weight excluding hydrogens is 312 g/mol. The van der Waals surface area contributed by atoms with Crippen LogP contribution in [0, 0.1) is 3.57 Å². The Bertz CT molecular complexity index is 376. The van der Waals surface area contributed by atoms with E-state index in [0.29, 0.717) is 5.02 Å². The summed E-state index contributed by atoms with van der Waals surface area (Å²) in [5.74, 6) is 0.123. The van der Waals surface area contributed by atoms with Gasteiger partial charge in [0.2, 0.25) is 0 Å². The van der Waals surface area contributed by atoms with E-state index in [4.69, 9.17) is 11.6 Å². The van der Waals surface area contributed by atoms with Crippen LogP contribution < -0.4 is 0 Å². The first-order chi connectivity index (χ1) is 6.68. The Labute approximate surface area is 101 Å². The van der Waals surface area contributed by atoms with Gasteiger partial charge in [-0.05, 0) is 47.2 Å². The van der Waals surface area contributed by atoms with Gasteiger partial charge in [0.25, 0.3) is 5.91 Å². The normalized spacial score (nSPS) is 15.1. The van der Waals surface area contributed by atoms with Crippen LogP contribution in [-0.2, 0) is 0 Å². The summed E-state index contributed by atoms with van der Waals surface area (Å²) in [6, 6.07) is 5.37. The number of halogens is 2. The second-order valence-corrected chi connectivity index (χ2v) is 4.87. The van der Waals surface area contributed by atoms with Gasteiger partial charge in [-0.15, -0.1) is 0 Å². The molecule has 0 spiro atoms. The molecule has 14 heavy (non-hydrogen) atoms. The van der Waals surface area contributed by atoms with Crippen LogP contribution in [0.15, 0.2) is 18.2 Å². The first kappa shape index (κ1) is 10.2. The predicted octanol–water partition coefficient (Wildman–Crippen LogP) is 2.79. The van der Waals surface area contributed by atoms with Crippen molar-refractivity contribution in [3.8, 4) is 0 Å². The number of rotatable bonds is 1. The lowest BCUT2D eigenvalue weighted by atomic mass is 10.1. The van der Waals surface area contributed by atoms with Crippen LogP contribution in [0.2, 0.25) is 5.02 Å². The van der Waals surface area contributed by atoms with E-state index in [1.54, 1.807) is 12.1 Å². The first-order valence-electron chi connectivity index (χ1n) is 4.43. The van der Waals surface area contributed by atoms with E-state index in [-0.39, 0.29) is 5.91 Å². The van der Waals surface area contributed by atoms with Crippen molar-refractivity contribution in [1.82, 2.24) is 4.90 Å². The fourth-order valence-electron chi connectivity index (χ4n) is 1.35. The average molecular weight is 322 g/mol. The number of amides is 1. The van der Waals surface area contributed by atoms with Gasteiger partial charge in [-0.3, -0.25) is 4.79 Å². The lowest BCUT2D eigenvalue weighted by Gasteiger charge is -2.31. The van der Waals surface area contributed by atoms with Crippen molar-refractivity contribution in [3.05, 3.63) is 32.4 Å². The maximum absolute atomic E-state index is 11.8. The number of carbonyl (C=O) groups excluding carboxylic acids is 1. The molecule has 0 unspecified atom stereocenters. The number of hydrogen-bond acceptors (Lipinski definition) is 1. The number of likely N-dealkylation sites (tertiary alicyclic amines) is 1. The van der Waals surface area contributed by atoms with Crippen molar-refractivity contribution >= 4 is 40.1 Å². The molecule has 0 radical (unpaired) electrons. The Hall–Kier alpha value is -0.290. The minimum Gasteiger partial charge on any atom is -0.338 e. The Morgan fingerprint density at radius 2 is 2.14 bits per heavy atom. The smallest absolute Gasteiger partial charge is 0.254 e. The predicted molar refractivity (Wildman–Crippen MR) is 64.7 cm³/mol. The Morgan fingerprint density at radius 3 is 2.64 bits per heavy atom. The van der Waals surface area contributed by atoms with Crippen molar-refractivity contribution in [2.75, 3.05) is 13.1 Å². The van der Waals surface area contributed by atoms with Crippen LogP contribution in [0.4, 0.5) is 0 Å². The molecule has 0 aliphatic carbocycles. The highest BCUT2D eigenvalue weighted by Crippen LogP contribution is 2.21. The zero-order chi connectivity index (χ0) is 10.1. The number of carbonyl (C=O) groups is 1. The molecule has 4 heteroatoms. The summed E-state index contributed by atoms with van der Waals surface area (Å²) in [4.78, 5) is 13.7. The molecule has 1 saturated heterocycles. The molecule has 1 amide bonds. The van der Waals surface area contributed by atoms with E-state index in [9.17, 15) is 4.79 Å². The van der Waals surface area contributed by atoms with E-state index in [1.165, 1.54) is 0 Å². The second-order valence-electron chi connectivity index (χ2n) is 3.27. The van der Waals surface area contributed by atoms with Gasteiger partial charge < -0.3 is 4.90 Å². The maximum atomic E-state index is 11.8. The zero-order valence-corrected chi connectivity index (χ0v) is 10.4. The minimum absolute atomic E-state index is 0.123. The number of benzene rings is 1. The molecule has 2 rings (SSSR count). The van der Waals surface area contributed by atoms with Gasteiger partial charge in [0, 0.05) is 21.7 Å². The van der Waals surface area contributed by atoms with Crippen LogP contribution in [-0.4, -0.2) is 23.9 Å². The van der Waals surface area contributed by atoms with Crippen molar-refractivity contribution < 1.29 is 4.79 Å². The molecule has 2 nitrogen and oxygen atoms in total. The largest absolute Gasteiger partial charge is 0.338 e. The van der Waals surface area contributed by atoms with Gasteiger partial charge in [-0.25, -0.2) is 0 Å². The third-order valence-corrected chi connectivity index (χ3v) is 3.43. The molecule has 0 atom stereocenters. The standard InChI is InChI=1S/C10H9ClINO/c11-7-2-3-8(9(12)6-7)10(14)13-4-1-5-13/h2-3,6H,1,4-5H2. The van der Waals surface area contributed by atoms with Crippen LogP contribution in [0.1, 0.15) is 16.8 Å². The van der Waals surface area contributed by atoms with Crippen LogP contribution in [0.5, 0.6) is 0 Å².